The van der Waals surface area contributed by atoms with Crippen LogP contribution >= 0.6 is 11.8 Å². The van der Waals surface area contributed by atoms with Crippen molar-refractivity contribution in [2.75, 3.05) is 10.2 Å². The lowest BCUT2D eigenvalue weighted by Gasteiger charge is -2.17. The summed E-state index contributed by atoms with van der Waals surface area (Å²) in [4.78, 5) is 39.4. The fraction of sp³-hybridized carbons (Fsp3) is 0.348. The maximum atomic E-state index is 12.8. The van der Waals surface area contributed by atoms with Crippen LogP contribution in [0.5, 0.6) is 0 Å². The molecule has 0 spiro atoms. The number of carbonyl (C=O) groups excluding carboxylic acids is 3. The average Bonchev–Trinajstić information content (AvgIpc) is 2.89. The molecule has 1 N–H and O–H groups in total. The molecule has 0 aliphatic carbocycles. The van der Waals surface area contributed by atoms with E-state index in [2.05, 4.69) is 5.32 Å². The molecule has 1 fully saturated rings. The second-order valence-electron chi connectivity index (χ2n) is 8.52. The molecule has 0 aromatic heterocycles. The molecule has 2 aromatic rings. The minimum Gasteiger partial charge on any atom is -0.326 e. The van der Waals surface area contributed by atoms with Crippen LogP contribution in [-0.2, 0) is 14.4 Å². The lowest BCUT2D eigenvalue weighted by Crippen LogP contribution is -2.31. The van der Waals surface area contributed by atoms with Gasteiger partial charge in [-0.15, -0.1) is 11.8 Å². The topological polar surface area (TPSA) is 66.5 Å². The van der Waals surface area contributed by atoms with Crippen LogP contribution < -0.4 is 10.2 Å². The summed E-state index contributed by atoms with van der Waals surface area (Å²) in [6.45, 7) is 8.02. The summed E-state index contributed by atoms with van der Waals surface area (Å²) in [6, 6.07) is 14.8. The van der Waals surface area contributed by atoms with E-state index in [0.717, 1.165) is 16.1 Å². The van der Waals surface area contributed by atoms with Gasteiger partial charge in [0.25, 0.3) is 0 Å². The van der Waals surface area contributed by atoms with Crippen LogP contribution in [0.1, 0.15) is 39.2 Å². The molecule has 152 valence electrons. The molecule has 1 unspecified atom stereocenters. The first-order valence-corrected chi connectivity index (χ1v) is 10.5. The van der Waals surface area contributed by atoms with Crippen LogP contribution in [0.15, 0.2) is 53.4 Å². The fourth-order valence-corrected chi connectivity index (χ4v) is 4.18. The van der Waals surface area contributed by atoms with Gasteiger partial charge in [-0.25, -0.2) is 4.90 Å². The number of thioether (sulfide) groups is 1. The van der Waals surface area contributed by atoms with Crippen molar-refractivity contribution in [3.05, 3.63) is 54.1 Å². The Labute approximate surface area is 175 Å². The van der Waals surface area contributed by atoms with Gasteiger partial charge in [0.05, 0.1) is 10.9 Å². The number of rotatable bonds is 5. The standard InChI is InChI=1S/C23H26N2O3S/c1-15-5-9-17(10-6-15)25-21(27)13-19(22(25)28)29-18-11-7-16(8-12-18)24-20(26)14-23(2,3)4/h5-12,19H,13-14H2,1-4H3,(H,24,26). The van der Waals surface area contributed by atoms with E-state index in [4.69, 9.17) is 0 Å². The van der Waals surface area contributed by atoms with Crippen LogP contribution in [0.2, 0.25) is 0 Å². The Bertz CT molecular complexity index is 915. The number of benzene rings is 2. The summed E-state index contributed by atoms with van der Waals surface area (Å²) in [5, 5.41) is 2.45. The van der Waals surface area contributed by atoms with Crippen LogP contribution in [0, 0.1) is 12.3 Å². The molecule has 3 rings (SSSR count). The zero-order valence-corrected chi connectivity index (χ0v) is 18.0. The molecule has 0 bridgehead atoms. The quantitative estimate of drug-likeness (QED) is 0.720. The van der Waals surface area contributed by atoms with Crippen molar-refractivity contribution in [1.29, 1.82) is 0 Å². The van der Waals surface area contributed by atoms with E-state index in [1.165, 1.54) is 16.7 Å². The molecule has 29 heavy (non-hydrogen) atoms. The minimum absolute atomic E-state index is 0.0248. The molecule has 1 heterocycles. The number of imide groups is 1. The largest absolute Gasteiger partial charge is 0.326 e. The fourth-order valence-electron chi connectivity index (χ4n) is 3.13. The van der Waals surface area contributed by atoms with E-state index in [1.54, 1.807) is 12.1 Å². The summed E-state index contributed by atoms with van der Waals surface area (Å²) in [7, 11) is 0. The number of nitrogens with zero attached hydrogens (tertiary/aromatic N) is 1. The summed E-state index contributed by atoms with van der Waals surface area (Å²) >= 11 is 1.38. The van der Waals surface area contributed by atoms with Crippen molar-refractivity contribution in [3.63, 3.8) is 0 Å². The van der Waals surface area contributed by atoms with Gasteiger partial charge in [-0.05, 0) is 48.7 Å². The van der Waals surface area contributed by atoms with Gasteiger partial charge in [0.1, 0.15) is 0 Å². The molecular formula is C23H26N2O3S. The Hall–Kier alpha value is -2.60. The van der Waals surface area contributed by atoms with Gasteiger partial charge in [0.2, 0.25) is 17.7 Å². The Balaban J connectivity index is 1.63. The highest BCUT2D eigenvalue weighted by molar-refractivity contribution is 8.00. The Morgan fingerprint density at radius 2 is 1.69 bits per heavy atom. The molecule has 2 aromatic carbocycles. The molecule has 3 amide bonds. The van der Waals surface area contributed by atoms with E-state index < -0.39 is 5.25 Å². The molecule has 0 saturated carbocycles. The number of amides is 3. The summed E-state index contributed by atoms with van der Waals surface area (Å²) in [5.41, 5.74) is 2.34. The number of hydrogen-bond acceptors (Lipinski definition) is 4. The van der Waals surface area contributed by atoms with E-state index in [1.807, 2.05) is 64.1 Å². The van der Waals surface area contributed by atoms with Gasteiger partial charge >= 0.3 is 0 Å². The van der Waals surface area contributed by atoms with Crippen LogP contribution in [-0.4, -0.2) is 23.0 Å². The lowest BCUT2D eigenvalue weighted by atomic mass is 9.92. The zero-order chi connectivity index (χ0) is 21.2. The van der Waals surface area contributed by atoms with Gasteiger partial charge in [-0.2, -0.15) is 0 Å². The zero-order valence-electron chi connectivity index (χ0n) is 17.2. The molecule has 1 aliphatic heterocycles. The van der Waals surface area contributed by atoms with Gasteiger partial charge in [0.15, 0.2) is 0 Å². The number of anilines is 2. The van der Waals surface area contributed by atoms with Crippen molar-refractivity contribution in [2.45, 2.75) is 50.7 Å². The van der Waals surface area contributed by atoms with E-state index >= 15 is 0 Å². The third-order valence-electron chi connectivity index (χ3n) is 4.50. The average molecular weight is 411 g/mol. The van der Waals surface area contributed by atoms with E-state index in [9.17, 15) is 14.4 Å². The van der Waals surface area contributed by atoms with Gasteiger partial charge < -0.3 is 5.32 Å². The summed E-state index contributed by atoms with van der Waals surface area (Å²) in [6.07, 6.45) is 0.623. The maximum absolute atomic E-state index is 12.8. The number of hydrogen-bond donors (Lipinski definition) is 1. The lowest BCUT2D eigenvalue weighted by molar-refractivity contribution is -0.121. The first-order valence-electron chi connectivity index (χ1n) is 9.62. The first-order chi connectivity index (χ1) is 13.6. The maximum Gasteiger partial charge on any atom is 0.247 e. The van der Waals surface area contributed by atoms with Crippen molar-refractivity contribution in [1.82, 2.24) is 0 Å². The number of carbonyl (C=O) groups is 3. The van der Waals surface area contributed by atoms with E-state index in [0.29, 0.717) is 12.1 Å². The first kappa shape index (κ1) is 21.1. The molecule has 1 atom stereocenters. The normalized spacial score (nSPS) is 17.0. The van der Waals surface area contributed by atoms with Crippen molar-refractivity contribution in [3.8, 4) is 0 Å². The van der Waals surface area contributed by atoms with Gasteiger partial charge in [0, 0.05) is 23.4 Å². The van der Waals surface area contributed by atoms with Gasteiger partial charge in [-0.3, -0.25) is 14.4 Å². The van der Waals surface area contributed by atoms with Crippen LogP contribution in [0.3, 0.4) is 0 Å². The predicted molar refractivity (Wildman–Crippen MR) is 117 cm³/mol. The van der Waals surface area contributed by atoms with Crippen molar-refractivity contribution >= 4 is 40.9 Å². The smallest absolute Gasteiger partial charge is 0.247 e. The number of aryl methyl sites for hydroxylation is 1. The highest BCUT2D eigenvalue weighted by atomic mass is 32.2. The van der Waals surface area contributed by atoms with Gasteiger partial charge in [-0.1, -0.05) is 38.5 Å². The second-order valence-corrected chi connectivity index (χ2v) is 9.80. The monoisotopic (exact) mass is 410 g/mol. The second kappa shape index (κ2) is 8.41. The third-order valence-corrected chi connectivity index (χ3v) is 5.70. The highest BCUT2D eigenvalue weighted by Crippen LogP contribution is 2.34. The Morgan fingerprint density at radius 3 is 2.28 bits per heavy atom. The molecular weight excluding hydrogens is 384 g/mol. The van der Waals surface area contributed by atoms with Crippen LogP contribution in [0.4, 0.5) is 11.4 Å². The molecule has 5 nitrogen and oxygen atoms in total. The molecule has 1 aliphatic rings. The van der Waals surface area contributed by atoms with Crippen molar-refractivity contribution in [2.24, 2.45) is 5.41 Å². The van der Waals surface area contributed by atoms with Crippen molar-refractivity contribution < 1.29 is 14.4 Å². The Kier molecular flexibility index (Phi) is 6.13. The third kappa shape index (κ3) is 5.48. The number of nitrogens with one attached hydrogen (secondary N) is 1. The predicted octanol–water partition coefficient (Wildman–Crippen LogP) is 4.79. The molecule has 6 heteroatoms. The Morgan fingerprint density at radius 1 is 1.07 bits per heavy atom. The molecule has 1 saturated heterocycles. The highest BCUT2D eigenvalue weighted by Gasteiger charge is 2.40. The SMILES string of the molecule is Cc1ccc(N2C(=O)CC(Sc3ccc(NC(=O)CC(C)(C)C)cc3)C2=O)cc1. The molecule has 0 radical (unpaired) electrons. The van der Waals surface area contributed by atoms with Crippen LogP contribution in [0.25, 0.3) is 0 Å². The summed E-state index contributed by atoms with van der Waals surface area (Å²) in [5.74, 6) is -0.392. The summed E-state index contributed by atoms with van der Waals surface area (Å²) < 4.78 is 0. The van der Waals surface area contributed by atoms with E-state index in [-0.39, 0.29) is 29.6 Å². The minimum atomic E-state index is -0.440.